The van der Waals surface area contributed by atoms with Gasteiger partial charge >= 0.3 is 0 Å². The molecule has 1 aromatic heterocycles. The fraction of sp³-hybridized carbons (Fsp3) is 0.684. The predicted octanol–water partition coefficient (Wildman–Crippen LogP) is 2.79. The number of hydrogen-bond donors (Lipinski definition) is 3. The molecule has 2 saturated carbocycles. The average molecular weight is 332 g/mol. The van der Waals surface area contributed by atoms with Crippen LogP contribution in [-0.4, -0.2) is 34.4 Å². The molecular formula is C19H28N2O3. The Labute approximate surface area is 143 Å². The van der Waals surface area contributed by atoms with Crippen LogP contribution in [-0.2, 0) is 0 Å². The number of ketones is 1. The van der Waals surface area contributed by atoms with Crippen LogP contribution in [0.15, 0.2) is 0 Å². The normalized spacial score (nSPS) is 28.6. The molecule has 3 N–H and O–H groups in total. The van der Waals surface area contributed by atoms with Crippen LogP contribution in [0.3, 0.4) is 0 Å². The average Bonchev–Trinajstić information content (AvgIpc) is 3.18. The Kier molecular flexibility index (Phi) is 4.56. The van der Waals surface area contributed by atoms with Crippen molar-refractivity contribution in [3.63, 3.8) is 0 Å². The minimum Gasteiger partial charge on any atom is -0.396 e. The number of aryl methyl sites for hydroxylation is 1. The number of fused-ring (bicyclic) bond motifs is 2. The van der Waals surface area contributed by atoms with Gasteiger partial charge in [-0.05, 0) is 56.4 Å². The molecule has 0 spiro atoms. The van der Waals surface area contributed by atoms with E-state index in [1.54, 1.807) is 6.92 Å². The second-order valence-corrected chi connectivity index (χ2v) is 7.80. The van der Waals surface area contributed by atoms with Crippen LogP contribution in [0.4, 0.5) is 0 Å². The molecule has 132 valence electrons. The SMILES string of the molecule is CC(=O)c1c(C)[nH]c(C(=O)NC2C3CCC(C3)C2CO)c1C(C)C. The van der Waals surface area contributed by atoms with Gasteiger partial charge in [0.2, 0.25) is 0 Å². The highest BCUT2D eigenvalue weighted by molar-refractivity contribution is 6.03. The fourth-order valence-corrected chi connectivity index (χ4v) is 4.98. The molecule has 5 nitrogen and oxygen atoms in total. The first-order valence-electron chi connectivity index (χ1n) is 9.00. The molecule has 0 saturated heterocycles. The summed E-state index contributed by atoms with van der Waals surface area (Å²) in [6.07, 6.45) is 3.40. The van der Waals surface area contributed by atoms with Gasteiger partial charge in [0.25, 0.3) is 5.91 Å². The summed E-state index contributed by atoms with van der Waals surface area (Å²) < 4.78 is 0. The van der Waals surface area contributed by atoms with Crippen LogP contribution in [0, 0.1) is 24.7 Å². The second kappa shape index (κ2) is 6.36. The van der Waals surface area contributed by atoms with Crippen molar-refractivity contribution in [3.8, 4) is 0 Å². The first-order valence-corrected chi connectivity index (χ1v) is 9.00. The van der Waals surface area contributed by atoms with Crippen LogP contribution < -0.4 is 5.32 Å². The molecule has 4 unspecified atom stereocenters. The fourth-order valence-electron chi connectivity index (χ4n) is 4.98. The summed E-state index contributed by atoms with van der Waals surface area (Å²) in [5.41, 5.74) is 2.71. The Morgan fingerprint density at radius 1 is 1.29 bits per heavy atom. The number of nitrogens with one attached hydrogen (secondary N) is 2. The number of carbonyl (C=O) groups is 2. The van der Waals surface area contributed by atoms with Crippen molar-refractivity contribution in [2.45, 2.75) is 58.9 Å². The van der Waals surface area contributed by atoms with Gasteiger partial charge in [0, 0.05) is 29.8 Å². The van der Waals surface area contributed by atoms with Crippen molar-refractivity contribution >= 4 is 11.7 Å². The van der Waals surface area contributed by atoms with E-state index >= 15 is 0 Å². The third-order valence-electron chi connectivity index (χ3n) is 5.98. The van der Waals surface area contributed by atoms with E-state index in [0.717, 1.165) is 30.5 Å². The Bertz CT molecular complexity index is 662. The number of hydrogen-bond acceptors (Lipinski definition) is 3. The van der Waals surface area contributed by atoms with E-state index in [4.69, 9.17) is 0 Å². The minimum absolute atomic E-state index is 0.0142. The van der Waals surface area contributed by atoms with E-state index in [0.29, 0.717) is 23.1 Å². The number of carbonyl (C=O) groups excluding carboxylic acids is 2. The first kappa shape index (κ1) is 17.2. The summed E-state index contributed by atoms with van der Waals surface area (Å²) in [7, 11) is 0. The summed E-state index contributed by atoms with van der Waals surface area (Å²) >= 11 is 0. The third-order valence-corrected chi connectivity index (χ3v) is 5.98. The van der Waals surface area contributed by atoms with Crippen LogP contribution in [0.1, 0.15) is 78.1 Å². The Morgan fingerprint density at radius 3 is 2.54 bits per heavy atom. The number of H-pyrrole nitrogens is 1. The molecule has 5 heteroatoms. The summed E-state index contributed by atoms with van der Waals surface area (Å²) in [6.45, 7) is 7.51. The summed E-state index contributed by atoms with van der Waals surface area (Å²) in [4.78, 5) is 28.0. The van der Waals surface area contributed by atoms with Gasteiger partial charge in [-0.1, -0.05) is 13.8 Å². The predicted molar refractivity (Wildman–Crippen MR) is 92.3 cm³/mol. The summed E-state index contributed by atoms with van der Waals surface area (Å²) in [5, 5.41) is 12.9. The molecule has 0 radical (unpaired) electrons. The number of aromatic amines is 1. The number of Topliss-reactive ketones (excluding diaryl/α,β-unsaturated/α-hetero) is 1. The number of amides is 1. The quantitative estimate of drug-likeness (QED) is 0.725. The van der Waals surface area contributed by atoms with Gasteiger partial charge in [-0.15, -0.1) is 0 Å². The molecular weight excluding hydrogens is 304 g/mol. The third kappa shape index (κ3) is 2.69. The van der Waals surface area contributed by atoms with Crippen LogP contribution >= 0.6 is 0 Å². The number of rotatable bonds is 5. The van der Waals surface area contributed by atoms with Gasteiger partial charge in [0.05, 0.1) is 0 Å². The van der Waals surface area contributed by atoms with Crippen molar-refractivity contribution < 1.29 is 14.7 Å². The zero-order chi connectivity index (χ0) is 17.6. The van der Waals surface area contributed by atoms with Crippen molar-refractivity contribution in [2.75, 3.05) is 6.61 Å². The van der Waals surface area contributed by atoms with E-state index < -0.39 is 0 Å². The Balaban J connectivity index is 1.88. The summed E-state index contributed by atoms with van der Waals surface area (Å²) in [5.74, 6) is 1.10. The lowest BCUT2D eigenvalue weighted by atomic mass is 9.85. The monoisotopic (exact) mass is 332 g/mol. The highest BCUT2D eigenvalue weighted by Crippen LogP contribution is 2.48. The number of aliphatic hydroxyl groups is 1. The largest absolute Gasteiger partial charge is 0.396 e. The Morgan fingerprint density at radius 2 is 1.96 bits per heavy atom. The van der Waals surface area contributed by atoms with Crippen LogP contribution in [0.5, 0.6) is 0 Å². The zero-order valence-corrected chi connectivity index (χ0v) is 15.0. The maximum Gasteiger partial charge on any atom is 0.268 e. The van der Waals surface area contributed by atoms with Crippen molar-refractivity contribution in [1.82, 2.24) is 10.3 Å². The lowest BCUT2D eigenvalue weighted by molar-refractivity contribution is 0.0855. The summed E-state index contributed by atoms with van der Waals surface area (Å²) in [6, 6.07) is 0.0469. The van der Waals surface area contributed by atoms with Crippen molar-refractivity contribution in [1.29, 1.82) is 0 Å². The molecule has 0 aromatic carbocycles. The highest BCUT2D eigenvalue weighted by atomic mass is 16.3. The van der Waals surface area contributed by atoms with Crippen molar-refractivity contribution in [3.05, 3.63) is 22.5 Å². The van der Waals surface area contributed by atoms with E-state index in [9.17, 15) is 14.7 Å². The molecule has 2 aliphatic carbocycles. The lowest BCUT2D eigenvalue weighted by Crippen LogP contribution is -2.45. The lowest BCUT2D eigenvalue weighted by Gasteiger charge is -2.30. The zero-order valence-electron chi connectivity index (χ0n) is 15.0. The molecule has 4 atom stereocenters. The molecule has 1 amide bonds. The van der Waals surface area contributed by atoms with Crippen LogP contribution in [0.25, 0.3) is 0 Å². The van der Waals surface area contributed by atoms with Crippen LogP contribution in [0.2, 0.25) is 0 Å². The van der Waals surface area contributed by atoms with E-state index in [1.165, 1.54) is 0 Å². The number of aliphatic hydroxyl groups excluding tert-OH is 1. The van der Waals surface area contributed by atoms with Gasteiger partial charge in [0.1, 0.15) is 5.69 Å². The maximum atomic E-state index is 12.9. The van der Waals surface area contributed by atoms with Gasteiger partial charge in [-0.2, -0.15) is 0 Å². The molecule has 1 heterocycles. The standard InChI is InChI=1S/C19H28N2O3/c1-9(2)15-16(11(4)23)10(3)20-18(15)19(24)21-17-13-6-5-12(7-13)14(17)8-22/h9,12-14,17,20,22H,5-8H2,1-4H3,(H,21,24). The molecule has 0 aliphatic heterocycles. The van der Waals surface area contributed by atoms with Gasteiger partial charge < -0.3 is 15.4 Å². The number of aromatic nitrogens is 1. The van der Waals surface area contributed by atoms with Gasteiger partial charge in [-0.25, -0.2) is 0 Å². The van der Waals surface area contributed by atoms with E-state index in [1.807, 2.05) is 20.8 Å². The minimum atomic E-state index is -0.148. The molecule has 2 bridgehead atoms. The molecule has 2 aliphatic rings. The van der Waals surface area contributed by atoms with Gasteiger partial charge in [0.15, 0.2) is 5.78 Å². The molecule has 24 heavy (non-hydrogen) atoms. The maximum absolute atomic E-state index is 12.9. The Hall–Kier alpha value is -1.62. The smallest absolute Gasteiger partial charge is 0.268 e. The molecule has 3 rings (SSSR count). The second-order valence-electron chi connectivity index (χ2n) is 7.80. The first-order chi connectivity index (χ1) is 11.3. The topological polar surface area (TPSA) is 82.2 Å². The molecule has 2 fully saturated rings. The van der Waals surface area contributed by atoms with Gasteiger partial charge in [-0.3, -0.25) is 9.59 Å². The van der Waals surface area contributed by atoms with E-state index in [2.05, 4.69) is 10.3 Å². The highest BCUT2D eigenvalue weighted by Gasteiger charge is 2.48. The molecule has 1 aromatic rings. The van der Waals surface area contributed by atoms with Crippen molar-refractivity contribution in [2.24, 2.45) is 17.8 Å². The van der Waals surface area contributed by atoms with E-state index in [-0.39, 0.29) is 36.2 Å².